The fourth-order valence-corrected chi connectivity index (χ4v) is 2.93. The van der Waals surface area contributed by atoms with Gasteiger partial charge in [-0.1, -0.05) is 6.07 Å². The summed E-state index contributed by atoms with van der Waals surface area (Å²) in [7, 11) is 0. The molecule has 2 unspecified atom stereocenters. The maximum absolute atomic E-state index is 13.8. The lowest BCUT2D eigenvalue weighted by Crippen LogP contribution is -2.29. The quantitative estimate of drug-likeness (QED) is 0.646. The van der Waals surface area contributed by atoms with Gasteiger partial charge in [-0.05, 0) is 12.1 Å². The van der Waals surface area contributed by atoms with Crippen molar-refractivity contribution < 1.29 is 22.3 Å². The molecule has 1 aliphatic heterocycles. The van der Waals surface area contributed by atoms with Gasteiger partial charge in [0.05, 0.1) is 36.0 Å². The third-order valence-corrected chi connectivity index (χ3v) is 4.24. The molecule has 4 heterocycles. The second-order valence-electron chi connectivity index (χ2n) is 6.33. The van der Waals surface area contributed by atoms with Crippen molar-refractivity contribution in [1.29, 1.82) is 0 Å². The fraction of sp³-hybridized carbons (Fsp3) is 0.353. The first kappa shape index (κ1) is 18.4. The second-order valence-corrected chi connectivity index (χ2v) is 6.33. The molecule has 3 aromatic rings. The minimum atomic E-state index is -4.46. The minimum absolute atomic E-state index is 0.185. The van der Waals surface area contributed by atoms with Crippen LogP contribution in [-0.2, 0) is 0 Å². The smallest absolute Gasteiger partial charge is 0.422 e. The predicted octanol–water partition coefficient (Wildman–Crippen LogP) is 2.45. The van der Waals surface area contributed by atoms with Gasteiger partial charge < -0.3 is 15.4 Å². The van der Waals surface area contributed by atoms with E-state index < -0.39 is 19.0 Å². The number of aromatic nitrogens is 4. The Bertz CT molecular complexity index is 976. The largest absolute Gasteiger partial charge is 0.467 e. The lowest BCUT2D eigenvalue weighted by Gasteiger charge is -2.15. The molecule has 0 aliphatic carbocycles. The van der Waals surface area contributed by atoms with Crippen molar-refractivity contribution in [1.82, 2.24) is 24.7 Å². The van der Waals surface area contributed by atoms with Gasteiger partial charge in [0.25, 0.3) is 0 Å². The molecule has 28 heavy (non-hydrogen) atoms. The number of ether oxygens (including phenoxy) is 1. The fourth-order valence-electron chi connectivity index (χ4n) is 2.93. The van der Waals surface area contributed by atoms with Crippen molar-refractivity contribution >= 4 is 11.5 Å². The van der Waals surface area contributed by atoms with Gasteiger partial charge in [0.15, 0.2) is 12.3 Å². The first-order valence-corrected chi connectivity index (χ1v) is 8.50. The summed E-state index contributed by atoms with van der Waals surface area (Å²) in [4.78, 5) is 12.5. The molecular formula is C17H16F4N6O. The van der Waals surface area contributed by atoms with Gasteiger partial charge in [-0.15, -0.1) is 0 Å². The number of nitrogens with one attached hydrogen (secondary N) is 2. The van der Waals surface area contributed by atoms with Crippen molar-refractivity contribution in [2.45, 2.75) is 18.4 Å². The van der Waals surface area contributed by atoms with E-state index in [0.717, 1.165) is 0 Å². The van der Waals surface area contributed by atoms with Crippen molar-refractivity contribution in [2.24, 2.45) is 0 Å². The normalized spacial score (nSPS) is 19.9. The zero-order valence-corrected chi connectivity index (χ0v) is 14.4. The van der Waals surface area contributed by atoms with Gasteiger partial charge in [0, 0.05) is 13.1 Å². The number of hydrogen-bond acceptors (Lipinski definition) is 6. The van der Waals surface area contributed by atoms with E-state index in [2.05, 4.69) is 25.6 Å². The Kier molecular flexibility index (Phi) is 4.75. The van der Waals surface area contributed by atoms with Gasteiger partial charge in [0.2, 0.25) is 5.88 Å². The van der Waals surface area contributed by atoms with E-state index in [1.807, 2.05) is 0 Å². The highest BCUT2D eigenvalue weighted by molar-refractivity contribution is 5.61. The van der Waals surface area contributed by atoms with Gasteiger partial charge in [-0.3, -0.25) is 4.40 Å². The molecule has 2 N–H and O–H groups in total. The summed E-state index contributed by atoms with van der Waals surface area (Å²) < 4.78 is 57.1. The number of anilines is 1. The van der Waals surface area contributed by atoms with Gasteiger partial charge in [0.1, 0.15) is 12.0 Å². The van der Waals surface area contributed by atoms with Crippen LogP contribution in [0.25, 0.3) is 17.0 Å². The van der Waals surface area contributed by atoms with Crippen LogP contribution in [0.2, 0.25) is 0 Å². The average molecular weight is 396 g/mol. The molecular weight excluding hydrogens is 380 g/mol. The molecule has 4 rings (SSSR count). The van der Waals surface area contributed by atoms with Crippen LogP contribution in [0.1, 0.15) is 0 Å². The summed E-state index contributed by atoms with van der Waals surface area (Å²) in [6.45, 7) is -0.653. The number of nitrogens with zero attached hydrogens (tertiary/aromatic N) is 4. The molecule has 0 bridgehead atoms. The van der Waals surface area contributed by atoms with Crippen molar-refractivity contribution in [2.75, 3.05) is 25.0 Å². The average Bonchev–Trinajstić information content (AvgIpc) is 3.26. The maximum Gasteiger partial charge on any atom is 0.422 e. The van der Waals surface area contributed by atoms with E-state index in [9.17, 15) is 17.6 Å². The van der Waals surface area contributed by atoms with Crippen LogP contribution in [0.3, 0.4) is 0 Å². The molecule has 0 radical (unpaired) electrons. The van der Waals surface area contributed by atoms with E-state index in [-0.39, 0.29) is 18.5 Å². The Balaban J connectivity index is 1.60. The summed E-state index contributed by atoms with van der Waals surface area (Å²) in [6.07, 6.45) is -1.30. The van der Waals surface area contributed by atoms with E-state index in [0.29, 0.717) is 29.4 Å². The second kappa shape index (κ2) is 7.23. The van der Waals surface area contributed by atoms with Crippen LogP contribution in [0.5, 0.6) is 5.88 Å². The molecule has 0 saturated carbocycles. The molecule has 148 valence electrons. The lowest BCUT2D eigenvalue weighted by atomic mass is 10.2. The highest BCUT2D eigenvalue weighted by Crippen LogP contribution is 2.23. The number of fused-ring (bicyclic) bond motifs is 1. The highest BCUT2D eigenvalue weighted by atomic mass is 19.4. The molecule has 1 saturated heterocycles. The maximum atomic E-state index is 13.8. The van der Waals surface area contributed by atoms with Crippen molar-refractivity contribution in [3.8, 4) is 17.3 Å². The van der Waals surface area contributed by atoms with Crippen LogP contribution in [0, 0.1) is 0 Å². The molecule has 0 amide bonds. The standard InChI is InChI=1S/C17H16F4N6O/c18-10-4-22-5-12(10)26-14-3-1-2-11(25-14)13-6-23-15-7-24-16(8-27(13)15)28-9-17(19,20)21/h1-3,6-8,10,12,22H,4-5,9H2,(H,25,26). The van der Waals surface area contributed by atoms with Crippen LogP contribution >= 0.6 is 0 Å². The van der Waals surface area contributed by atoms with Gasteiger partial charge in [-0.25, -0.2) is 19.3 Å². The summed E-state index contributed by atoms with van der Waals surface area (Å²) in [5.74, 6) is 0.307. The summed E-state index contributed by atoms with van der Waals surface area (Å²) in [5, 5.41) is 6.01. The van der Waals surface area contributed by atoms with Gasteiger partial charge in [-0.2, -0.15) is 13.2 Å². The Hall–Kier alpha value is -2.95. The summed E-state index contributed by atoms with van der Waals surface area (Å²) in [6, 6.07) is 4.82. The Morgan fingerprint density at radius 2 is 2.07 bits per heavy atom. The first-order chi connectivity index (χ1) is 13.4. The Labute approximate surface area is 156 Å². The molecule has 1 aliphatic rings. The van der Waals surface area contributed by atoms with Gasteiger partial charge >= 0.3 is 6.18 Å². The van der Waals surface area contributed by atoms with E-state index in [1.54, 1.807) is 22.6 Å². The lowest BCUT2D eigenvalue weighted by molar-refractivity contribution is -0.154. The number of hydrogen-bond donors (Lipinski definition) is 2. The number of rotatable bonds is 5. The Morgan fingerprint density at radius 3 is 2.82 bits per heavy atom. The van der Waals surface area contributed by atoms with E-state index in [1.165, 1.54) is 18.6 Å². The molecule has 7 nitrogen and oxygen atoms in total. The monoisotopic (exact) mass is 396 g/mol. The molecule has 3 aromatic heterocycles. The zero-order chi connectivity index (χ0) is 19.7. The minimum Gasteiger partial charge on any atom is -0.467 e. The molecule has 0 aromatic carbocycles. The number of pyridine rings is 1. The van der Waals surface area contributed by atoms with Crippen LogP contribution < -0.4 is 15.4 Å². The van der Waals surface area contributed by atoms with Crippen molar-refractivity contribution in [3.63, 3.8) is 0 Å². The molecule has 11 heteroatoms. The number of imidazole rings is 1. The van der Waals surface area contributed by atoms with E-state index in [4.69, 9.17) is 4.74 Å². The van der Waals surface area contributed by atoms with Crippen LogP contribution in [-0.4, -0.2) is 57.4 Å². The van der Waals surface area contributed by atoms with Crippen LogP contribution in [0.15, 0.2) is 36.8 Å². The summed E-state index contributed by atoms with van der Waals surface area (Å²) in [5.41, 5.74) is 1.49. The SMILES string of the molecule is FC1CNCC1Nc1cccc(-c2cnc3cnc(OCC(F)(F)F)cn23)n1. The Morgan fingerprint density at radius 1 is 1.21 bits per heavy atom. The predicted molar refractivity (Wildman–Crippen MR) is 92.9 cm³/mol. The zero-order valence-electron chi connectivity index (χ0n) is 14.4. The number of alkyl halides is 4. The molecule has 1 fully saturated rings. The highest BCUT2D eigenvalue weighted by Gasteiger charge is 2.29. The van der Waals surface area contributed by atoms with Crippen molar-refractivity contribution in [3.05, 3.63) is 36.8 Å². The molecule has 2 atom stereocenters. The third kappa shape index (κ3) is 3.98. The molecule has 0 spiro atoms. The number of halogens is 4. The third-order valence-electron chi connectivity index (χ3n) is 4.24. The topological polar surface area (TPSA) is 76.4 Å². The van der Waals surface area contributed by atoms with E-state index >= 15 is 0 Å². The van der Waals surface area contributed by atoms with Crippen LogP contribution in [0.4, 0.5) is 23.4 Å². The first-order valence-electron chi connectivity index (χ1n) is 8.50. The summed E-state index contributed by atoms with van der Waals surface area (Å²) >= 11 is 0.